The lowest BCUT2D eigenvalue weighted by molar-refractivity contribution is -0.00543. The van der Waals surface area contributed by atoms with E-state index in [9.17, 15) is 0 Å². The van der Waals surface area contributed by atoms with Crippen molar-refractivity contribution in [1.82, 2.24) is 0 Å². The molecule has 0 aliphatic heterocycles. The van der Waals surface area contributed by atoms with Crippen molar-refractivity contribution in [2.45, 2.75) is 6.42 Å². The van der Waals surface area contributed by atoms with Gasteiger partial charge in [-0.1, -0.05) is 6.08 Å². The number of allylic oxidation sites excluding steroid dienone is 3. The van der Waals surface area contributed by atoms with Crippen molar-refractivity contribution >= 4 is 5.71 Å². The molecule has 0 fully saturated rings. The van der Waals surface area contributed by atoms with Crippen molar-refractivity contribution in [2.24, 2.45) is 5.73 Å². The van der Waals surface area contributed by atoms with Crippen molar-refractivity contribution in [2.75, 3.05) is 0 Å². The first-order valence-corrected chi connectivity index (χ1v) is 2.67. The fraction of sp³-hybridized carbons (Fsp3) is 0.167. The highest BCUT2D eigenvalue weighted by Gasteiger charge is 2.04. The molecule has 0 radical (unpaired) electrons. The molecule has 0 spiro atoms. The van der Waals surface area contributed by atoms with Gasteiger partial charge < -0.3 is 11.3 Å². The molecular formula is C6H7N3. The summed E-state index contributed by atoms with van der Waals surface area (Å²) < 4.78 is 0. The van der Waals surface area contributed by atoms with Crippen LogP contribution in [-0.2, 0) is 0 Å². The molecular weight excluding hydrogens is 114 g/mol. The van der Waals surface area contributed by atoms with Crippen LogP contribution >= 0.6 is 0 Å². The highest BCUT2D eigenvalue weighted by molar-refractivity contribution is 5.93. The molecule has 1 rings (SSSR count). The van der Waals surface area contributed by atoms with E-state index in [0.717, 1.165) is 0 Å². The third kappa shape index (κ3) is 1.27. The smallest absolute Gasteiger partial charge is 0.297 e. The van der Waals surface area contributed by atoms with E-state index in [1.165, 1.54) is 0 Å². The number of nitrogens with zero attached hydrogens (tertiary/aromatic N) is 2. The highest BCUT2D eigenvalue weighted by atomic mass is 14.9. The van der Waals surface area contributed by atoms with Crippen LogP contribution in [-0.4, -0.2) is 10.5 Å². The molecule has 0 saturated carbocycles. The van der Waals surface area contributed by atoms with Crippen molar-refractivity contribution in [3.05, 3.63) is 29.5 Å². The maximum Gasteiger partial charge on any atom is 0.297 e. The SMILES string of the molecule is [N-]=[N+]=C1C=C(N)C=CC1. The second-order valence-corrected chi connectivity index (χ2v) is 1.84. The van der Waals surface area contributed by atoms with Crippen LogP contribution in [0.3, 0.4) is 0 Å². The van der Waals surface area contributed by atoms with E-state index in [1.54, 1.807) is 12.2 Å². The van der Waals surface area contributed by atoms with Crippen LogP contribution in [0.15, 0.2) is 23.9 Å². The number of rotatable bonds is 0. The van der Waals surface area contributed by atoms with Gasteiger partial charge in [0.15, 0.2) is 0 Å². The second kappa shape index (κ2) is 2.29. The lowest BCUT2D eigenvalue weighted by Gasteiger charge is -1.94. The maximum absolute atomic E-state index is 8.26. The van der Waals surface area contributed by atoms with Gasteiger partial charge in [-0.05, 0) is 6.08 Å². The Morgan fingerprint density at radius 2 is 2.44 bits per heavy atom. The fourth-order valence-corrected chi connectivity index (χ4v) is 0.685. The number of nitrogens with two attached hydrogens (primary N) is 1. The van der Waals surface area contributed by atoms with Crippen LogP contribution in [0.25, 0.3) is 5.53 Å². The first-order chi connectivity index (χ1) is 4.33. The summed E-state index contributed by atoms with van der Waals surface area (Å²) in [5, 5.41) is 0. The summed E-state index contributed by atoms with van der Waals surface area (Å²) in [5.74, 6) is 0. The molecule has 3 nitrogen and oxygen atoms in total. The highest BCUT2D eigenvalue weighted by Crippen LogP contribution is 1.99. The molecule has 0 amide bonds. The normalized spacial score (nSPS) is 16.9. The maximum atomic E-state index is 8.26. The Labute approximate surface area is 53.1 Å². The third-order valence-electron chi connectivity index (χ3n) is 1.10. The number of hydrogen-bond donors (Lipinski definition) is 1. The summed E-state index contributed by atoms with van der Waals surface area (Å²) in [6.45, 7) is 0. The van der Waals surface area contributed by atoms with E-state index in [2.05, 4.69) is 4.79 Å². The molecule has 0 aromatic rings. The zero-order valence-corrected chi connectivity index (χ0v) is 4.91. The summed E-state index contributed by atoms with van der Waals surface area (Å²) in [6, 6.07) is 0. The molecule has 0 aromatic carbocycles. The Morgan fingerprint density at radius 1 is 1.67 bits per heavy atom. The van der Waals surface area contributed by atoms with Gasteiger partial charge in [-0.2, -0.15) is 4.79 Å². The van der Waals surface area contributed by atoms with Gasteiger partial charge in [-0.3, -0.25) is 0 Å². The van der Waals surface area contributed by atoms with Crippen molar-refractivity contribution in [3.8, 4) is 0 Å². The van der Waals surface area contributed by atoms with Gasteiger partial charge in [0.05, 0.1) is 6.42 Å². The molecule has 0 saturated heterocycles. The monoisotopic (exact) mass is 121 g/mol. The standard InChI is InChI=1S/C6H7N3/c7-5-2-1-3-6(4-5)9-8/h1-2,4H,3,7H2. The molecule has 2 N–H and O–H groups in total. The molecule has 0 atom stereocenters. The van der Waals surface area contributed by atoms with Gasteiger partial charge in [-0.25, -0.2) is 0 Å². The molecule has 1 aliphatic rings. The Morgan fingerprint density at radius 3 is 2.89 bits per heavy atom. The summed E-state index contributed by atoms with van der Waals surface area (Å²) in [4.78, 5) is 3.01. The summed E-state index contributed by atoms with van der Waals surface area (Å²) in [7, 11) is 0. The Balaban J connectivity index is 2.90. The fourth-order valence-electron chi connectivity index (χ4n) is 0.685. The first-order valence-electron chi connectivity index (χ1n) is 2.67. The summed E-state index contributed by atoms with van der Waals surface area (Å²) in [5.41, 5.74) is 14.9. The minimum Gasteiger partial charge on any atom is -0.399 e. The van der Waals surface area contributed by atoms with Crippen LogP contribution in [0.5, 0.6) is 0 Å². The zero-order chi connectivity index (χ0) is 6.69. The van der Waals surface area contributed by atoms with Gasteiger partial charge in [0, 0.05) is 11.8 Å². The average molecular weight is 121 g/mol. The minimum atomic E-state index is 0.606. The van der Waals surface area contributed by atoms with Crippen LogP contribution < -0.4 is 5.73 Å². The van der Waals surface area contributed by atoms with Crippen molar-refractivity contribution in [1.29, 1.82) is 0 Å². The second-order valence-electron chi connectivity index (χ2n) is 1.84. The van der Waals surface area contributed by atoms with E-state index < -0.39 is 0 Å². The molecule has 0 aromatic heterocycles. The van der Waals surface area contributed by atoms with Gasteiger partial charge in [0.1, 0.15) is 0 Å². The average Bonchev–Trinajstić information content (AvgIpc) is 1.88. The molecule has 9 heavy (non-hydrogen) atoms. The number of hydrogen-bond acceptors (Lipinski definition) is 1. The van der Waals surface area contributed by atoms with Gasteiger partial charge in [0.25, 0.3) is 5.71 Å². The molecule has 46 valence electrons. The topological polar surface area (TPSA) is 62.4 Å². The lowest BCUT2D eigenvalue weighted by atomic mass is 10.1. The lowest BCUT2D eigenvalue weighted by Crippen LogP contribution is -2.04. The molecule has 0 unspecified atom stereocenters. The zero-order valence-electron chi connectivity index (χ0n) is 4.91. The molecule has 3 heteroatoms. The van der Waals surface area contributed by atoms with E-state index in [4.69, 9.17) is 11.3 Å². The van der Waals surface area contributed by atoms with Gasteiger partial charge in [0.2, 0.25) is 0 Å². The van der Waals surface area contributed by atoms with E-state index in [-0.39, 0.29) is 0 Å². The predicted molar refractivity (Wildman–Crippen MR) is 34.7 cm³/mol. The van der Waals surface area contributed by atoms with Gasteiger partial charge in [-0.15, -0.1) is 0 Å². The van der Waals surface area contributed by atoms with Crippen LogP contribution in [0.2, 0.25) is 0 Å². The Kier molecular flexibility index (Phi) is 1.47. The van der Waals surface area contributed by atoms with Crippen LogP contribution in [0, 0.1) is 0 Å². The van der Waals surface area contributed by atoms with Crippen LogP contribution in [0.1, 0.15) is 6.42 Å². The summed E-state index contributed by atoms with van der Waals surface area (Å²) in [6.07, 6.45) is 5.94. The van der Waals surface area contributed by atoms with Crippen molar-refractivity contribution < 1.29 is 4.79 Å². The molecule has 0 bridgehead atoms. The van der Waals surface area contributed by atoms with Gasteiger partial charge >= 0.3 is 0 Å². The Bertz CT molecular complexity index is 218. The molecule has 0 heterocycles. The van der Waals surface area contributed by atoms with Crippen molar-refractivity contribution in [3.63, 3.8) is 0 Å². The van der Waals surface area contributed by atoms with Crippen LogP contribution in [0.4, 0.5) is 0 Å². The van der Waals surface area contributed by atoms with E-state index in [0.29, 0.717) is 17.8 Å². The summed E-state index contributed by atoms with van der Waals surface area (Å²) >= 11 is 0. The third-order valence-corrected chi connectivity index (χ3v) is 1.10. The quantitative estimate of drug-likeness (QED) is 0.367. The predicted octanol–water partition coefficient (Wildman–Crippen LogP) is 0.460. The first kappa shape index (κ1) is 5.79. The minimum absolute atomic E-state index is 0.606. The largest absolute Gasteiger partial charge is 0.399 e. The van der Waals surface area contributed by atoms with E-state index >= 15 is 0 Å². The molecule has 1 aliphatic carbocycles. The van der Waals surface area contributed by atoms with E-state index in [1.807, 2.05) is 6.08 Å². The Hall–Kier alpha value is -1.34.